The summed E-state index contributed by atoms with van der Waals surface area (Å²) in [5, 5.41) is 5.16. The molecule has 112 valence electrons. The van der Waals surface area contributed by atoms with Gasteiger partial charge in [-0.25, -0.2) is 13.6 Å². The summed E-state index contributed by atoms with van der Waals surface area (Å²) in [6.07, 6.45) is 0.283. The van der Waals surface area contributed by atoms with Gasteiger partial charge in [-0.2, -0.15) is 0 Å². The summed E-state index contributed by atoms with van der Waals surface area (Å²) in [4.78, 5) is 0.0131. The van der Waals surface area contributed by atoms with Crippen LogP contribution in [0.1, 0.15) is 6.42 Å². The van der Waals surface area contributed by atoms with Crippen molar-refractivity contribution >= 4 is 10.0 Å². The quantitative estimate of drug-likeness (QED) is 0.834. The van der Waals surface area contributed by atoms with Crippen molar-refractivity contribution in [2.45, 2.75) is 11.3 Å². The van der Waals surface area contributed by atoms with Crippen molar-refractivity contribution in [3.63, 3.8) is 0 Å². The highest BCUT2D eigenvalue weighted by atomic mass is 32.2. The van der Waals surface area contributed by atoms with Gasteiger partial charge in [0.2, 0.25) is 10.0 Å². The fourth-order valence-electron chi connectivity index (χ4n) is 1.89. The Kier molecular flexibility index (Phi) is 4.93. The van der Waals surface area contributed by atoms with E-state index in [4.69, 9.17) is 9.88 Å². The Hall–Kier alpha value is -1.92. The van der Waals surface area contributed by atoms with Gasteiger partial charge in [0.1, 0.15) is 5.75 Å². The van der Waals surface area contributed by atoms with E-state index < -0.39 is 16.7 Å². The maximum absolute atomic E-state index is 12.2. The van der Waals surface area contributed by atoms with Crippen LogP contribution in [0.3, 0.4) is 0 Å². The van der Waals surface area contributed by atoms with Crippen LogP contribution in [0.2, 0.25) is 0 Å². The molecule has 0 aliphatic rings. The number of halogens is 1. The second kappa shape index (κ2) is 6.69. The number of ether oxygens (including phenoxy) is 1. The van der Waals surface area contributed by atoms with E-state index in [1.807, 2.05) is 30.3 Å². The first-order valence-electron chi connectivity index (χ1n) is 6.43. The van der Waals surface area contributed by atoms with Crippen molar-refractivity contribution < 1.29 is 17.5 Å². The van der Waals surface area contributed by atoms with E-state index in [-0.39, 0.29) is 17.9 Å². The Morgan fingerprint density at radius 2 is 1.81 bits per heavy atom. The Bertz CT molecular complexity index is 702. The van der Waals surface area contributed by atoms with E-state index in [0.717, 1.165) is 5.56 Å². The minimum atomic E-state index is -3.79. The molecule has 2 rings (SSSR count). The van der Waals surface area contributed by atoms with E-state index >= 15 is 0 Å². The molecule has 2 aromatic rings. The second-order valence-electron chi connectivity index (χ2n) is 4.46. The fraction of sp³-hybridized carbons (Fsp3) is 0.200. The summed E-state index contributed by atoms with van der Waals surface area (Å²) in [5.41, 5.74) is 1.42. The molecular weight excluding hydrogens is 293 g/mol. The number of primary sulfonamides is 1. The van der Waals surface area contributed by atoms with E-state index in [1.54, 1.807) is 6.07 Å². The van der Waals surface area contributed by atoms with Gasteiger partial charge in [-0.05, 0) is 23.8 Å². The third kappa shape index (κ3) is 4.03. The van der Waals surface area contributed by atoms with Crippen molar-refractivity contribution in [3.05, 3.63) is 48.5 Å². The van der Waals surface area contributed by atoms with E-state index in [9.17, 15) is 12.8 Å². The molecule has 0 unspecified atom stereocenters. The van der Waals surface area contributed by atoms with Crippen LogP contribution in [0.25, 0.3) is 11.1 Å². The molecule has 0 aliphatic heterocycles. The summed E-state index contributed by atoms with van der Waals surface area (Å²) >= 11 is 0. The van der Waals surface area contributed by atoms with Crippen LogP contribution in [0, 0.1) is 0 Å². The maximum atomic E-state index is 12.2. The molecule has 0 spiro atoms. The number of hydrogen-bond donors (Lipinski definition) is 1. The largest absolute Gasteiger partial charge is 0.493 e. The molecule has 0 atom stereocenters. The topological polar surface area (TPSA) is 69.4 Å². The first-order chi connectivity index (χ1) is 10.0. The minimum absolute atomic E-state index is 0.0131. The van der Waals surface area contributed by atoms with Crippen molar-refractivity contribution in [1.29, 1.82) is 0 Å². The molecule has 2 N–H and O–H groups in total. The SMILES string of the molecule is NS(=O)(=O)c1ccc(OCCCF)c(-c2ccccc2)c1. The van der Waals surface area contributed by atoms with E-state index in [0.29, 0.717) is 11.3 Å². The lowest BCUT2D eigenvalue weighted by Crippen LogP contribution is -2.12. The zero-order chi connectivity index (χ0) is 15.3. The third-order valence-corrected chi connectivity index (χ3v) is 3.81. The molecule has 0 saturated heterocycles. The number of benzene rings is 2. The molecule has 2 aromatic carbocycles. The van der Waals surface area contributed by atoms with Crippen LogP contribution in [0.4, 0.5) is 4.39 Å². The summed E-state index contributed by atoms with van der Waals surface area (Å²) in [6, 6.07) is 13.6. The molecule has 0 bridgehead atoms. The van der Waals surface area contributed by atoms with Gasteiger partial charge < -0.3 is 4.74 Å². The Balaban J connectivity index is 2.45. The molecule has 0 aliphatic carbocycles. The van der Waals surface area contributed by atoms with Gasteiger partial charge in [-0.1, -0.05) is 30.3 Å². The summed E-state index contributed by atoms with van der Waals surface area (Å²) in [5.74, 6) is 0.502. The van der Waals surface area contributed by atoms with Crippen molar-refractivity contribution in [3.8, 4) is 16.9 Å². The molecule has 0 saturated carbocycles. The highest BCUT2D eigenvalue weighted by Crippen LogP contribution is 2.32. The molecular formula is C15H16FNO3S. The lowest BCUT2D eigenvalue weighted by atomic mass is 10.0. The van der Waals surface area contributed by atoms with Crippen molar-refractivity contribution in [1.82, 2.24) is 0 Å². The van der Waals surface area contributed by atoms with Crippen LogP contribution in [0.15, 0.2) is 53.4 Å². The van der Waals surface area contributed by atoms with Crippen LogP contribution < -0.4 is 9.88 Å². The smallest absolute Gasteiger partial charge is 0.238 e. The number of rotatable bonds is 6. The van der Waals surface area contributed by atoms with Gasteiger partial charge in [0, 0.05) is 12.0 Å². The predicted octanol–water partition coefficient (Wildman–Crippen LogP) is 2.74. The van der Waals surface area contributed by atoms with E-state index in [2.05, 4.69) is 0 Å². The lowest BCUT2D eigenvalue weighted by molar-refractivity contribution is 0.290. The highest BCUT2D eigenvalue weighted by Gasteiger charge is 2.13. The van der Waals surface area contributed by atoms with Crippen molar-refractivity contribution in [2.24, 2.45) is 5.14 Å². The van der Waals surface area contributed by atoms with Gasteiger partial charge in [0.05, 0.1) is 18.2 Å². The zero-order valence-electron chi connectivity index (χ0n) is 11.3. The zero-order valence-corrected chi connectivity index (χ0v) is 12.1. The number of alkyl halides is 1. The maximum Gasteiger partial charge on any atom is 0.238 e. The number of nitrogens with two attached hydrogens (primary N) is 1. The summed E-state index contributed by atoms with van der Waals surface area (Å²) in [6.45, 7) is -0.235. The standard InChI is InChI=1S/C15H16FNO3S/c16-9-4-10-20-15-8-7-13(21(17,18)19)11-14(15)12-5-2-1-3-6-12/h1-3,5-8,11H,4,9-10H2,(H2,17,18,19). The van der Waals surface area contributed by atoms with Crippen LogP contribution >= 0.6 is 0 Å². The van der Waals surface area contributed by atoms with Crippen LogP contribution in [-0.4, -0.2) is 21.7 Å². The molecule has 0 heterocycles. The van der Waals surface area contributed by atoms with Crippen LogP contribution in [-0.2, 0) is 10.0 Å². The molecule has 4 nitrogen and oxygen atoms in total. The van der Waals surface area contributed by atoms with Crippen molar-refractivity contribution in [2.75, 3.05) is 13.3 Å². The average Bonchev–Trinajstić information content (AvgIpc) is 2.47. The first kappa shape index (κ1) is 15.5. The normalized spacial score (nSPS) is 11.3. The van der Waals surface area contributed by atoms with Gasteiger partial charge in [-0.15, -0.1) is 0 Å². The summed E-state index contributed by atoms with van der Waals surface area (Å²) in [7, 11) is -3.79. The van der Waals surface area contributed by atoms with Crippen LogP contribution in [0.5, 0.6) is 5.75 Å². The lowest BCUT2D eigenvalue weighted by Gasteiger charge is -2.12. The minimum Gasteiger partial charge on any atom is -0.493 e. The van der Waals surface area contributed by atoms with Gasteiger partial charge in [0.25, 0.3) is 0 Å². The van der Waals surface area contributed by atoms with Gasteiger partial charge >= 0.3 is 0 Å². The average molecular weight is 309 g/mol. The molecule has 0 radical (unpaired) electrons. The Morgan fingerprint density at radius 1 is 1.10 bits per heavy atom. The molecule has 6 heteroatoms. The molecule has 0 amide bonds. The number of sulfonamides is 1. The fourth-order valence-corrected chi connectivity index (χ4v) is 2.43. The van der Waals surface area contributed by atoms with E-state index in [1.165, 1.54) is 12.1 Å². The number of hydrogen-bond acceptors (Lipinski definition) is 3. The monoisotopic (exact) mass is 309 g/mol. The predicted molar refractivity (Wildman–Crippen MR) is 79.3 cm³/mol. The molecule has 0 fully saturated rings. The summed E-state index contributed by atoms with van der Waals surface area (Å²) < 4.78 is 40.6. The van der Waals surface area contributed by atoms with Gasteiger partial charge in [0.15, 0.2) is 0 Å². The highest BCUT2D eigenvalue weighted by molar-refractivity contribution is 7.89. The Morgan fingerprint density at radius 3 is 2.43 bits per heavy atom. The molecule has 0 aromatic heterocycles. The third-order valence-electron chi connectivity index (χ3n) is 2.90. The second-order valence-corrected chi connectivity index (χ2v) is 6.02. The van der Waals surface area contributed by atoms with Gasteiger partial charge in [-0.3, -0.25) is 4.39 Å². The Labute approximate surface area is 123 Å². The molecule has 21 heavy (non-hydrogen) atoms. The first-order valence-corrected chi connectivity index (χ1v) is 7.98.